The number of nitrogens with zero attached hydrogens (tertiary/aromatic N) is 3. The molecule has 8 heteroatoms. The normalized spacial score (nSPS) is 15.7. The molecule has 0 bridgehead atoms. The topological polar surface area (TPSA) is 96.3 Å². The Bertz CT molecular complexity index is 832. The molecule has 2 heterocycles. The molecule has 0 spiro atoms. The minimum atomic E-state index is -0.840. The Morgan fingerprint density at radius 3 is 2.70 bits per heavy atom. The molecule has 3 rings (SSSR count). The van der Waals surface area contributed by atoms with E-state index in [0.717, 1.165) is 5.69 Å². The number of imidazole rings is 1. The summed E-state index contributed by atoms with van der Waals surface area (Å²) in [6.45, 7) is 4.87. The van der Waals surface area contributed by atoms with Crippen LogP contribution < -0.4 is 15.5 Å². The van der Waals surface area contributed by atoms with Gasteiger partial charge in [-0.1, -0.05) is 18.2 Å². The van der Waals surface area contributed by atoms with Gasteiger partial charge in [0.05, 0.1) is 6.33 Å². The molecule has 1 aromatic heterocycles. The van der Waals surface area contributed by atoms with Crippen molar-refractivity contribution in [3.63, 3.8) is 0 Å². The molecule has 0 aliphatic carbocycles. The lowest BCUT2D eigenvalue weighted by atomic mass is 10.1. The van der Waals surface area contributed by atoms with Gasteiger partial charge in [-0.15, -0.1) is 0 Å². The third-order valence-corrected chi connectivity index (χ3v) is 4.43. The molecule has 0 saturated carbocycles. The molecule has 1 aromatic carbocycles. The predicted octanol–water partition coefficient (Wildman–Crippen LogP) is 1.00. The first-order chi connectivity index (χ1) is 13.0. The lowest BCUT2D eigenvalue weighted by Crippen LogP contribution is -2.45. The van der Waals surface area contributed by atoms with E-state index >= 15 is 0 Å². The van der Waals surface area contributed by atoms with Crippen LogP contribution >= 0.6 is 0 Å². The van der Waals surface area contributed by atoms with Crippen LogP contribution in [0, 0.1) is 0 Å². The molecule has 2 N–H and O–H groups in total. The Morgan fingerprint density at radius 1 is 1.22 bits per heavy atom. The Morgan fingerprint density at radius 2 is 2.00 bits per heavy atom. The minimum absolute atomic E-state index is 0.0439. The van der Waals surface area contributed by atoms with Crippen LogP contribution in [0.15, 0.2) is 43.0 Å². The first-order valence-corrected chi connectivity index (χ1v) is 8.95. The Kier molecular flexibility index (Phi) is 5.54. The maximum absolute atomic E-state index is 12.7. The van der Waals surface area contributed by atoms with Gasteiger partial charge in [-0.25, -0.2) is 4.98 Å². The summed E-state index contributed by atoms with van der Waals surface area (Å²) in [5.41, 5.74) is 1.47. The van der Waals surface area contributed by atoms with Crippen molar-refractivity contribution in [3.8, 4) is 0 Å². The molecule has 3 amide bonds. The fourth-order valence-corrected chi connectivity index (χ4v) is 3.17. The highest BCUT2D eigenvalue weighted by atomic mass is 16.2. The fourth-order valence-electron chi connectivity index (χ4n) is 3.17. The molecule has 1 aliphatic rings. The van der Waals surface area contributed by atoms with Gasteiger partial charge in [0.1, 0.15) is 6.04 Å². The number of anilines is 1. The van der Waals surface area contributed by atoms with Crippen LogP contribution in [0.4, 0.5) is 5.69 Å². The van der Waals surface area contributed by atoms with Crippen molar-refractivity contribution < 1.29 is 14.4 Å². The summed E-state index contributed by atoms with van der Waals surface area (Å²) in [4.78, 5) is 42.6. The second-order valence-corrected chi connectivity index (χ2v) is 6.68. The molecule has 0 saturated heterocycles. The highest BCUT2D eigenvalue weighted by molar-refractivity contribution is 6.35. The SMILES string of the molecule is CC(C)N1C(=O)[C@H](NC(=O)C(=O)NCCCn2ccnc2)c2ccccc21. The summed E-state index contributed by atoms with van der Waals surface area (Å²) in [5.74, 6) is -1.78. The van der Waals surface area contributed by atoms with Crippen LogP contribution in [-0.2, 0) is 20.9 Å². The highest BCUT2D eigenvalue weighted by Crippen LogP contribution is 2.36. The number of fused-ring (bicyclic) bond motifs is 1. The number of amides is 3. The van der Waals surface area contributed by atoms with Gasteiger partial charge in [0.2, 0.25) is 0 Å². The third kappa shape index (κ3) is 3.99. The van der Waals surface area contributed by atoms with Crippen molar-refractivity contribution in [2.75, 3.05) is 11.4 Å². The molecule has 0 unspecified atom stereocenters. The van der Waals surface area contributed by atoms with E-state index in [9.17, 15) is 14.4 Å². The van der Waals surface area contributed by atoms with Crippen LogP contribution in [-0.4, -0.2) is 39.9 Å². The molecule has 8 nitrogen and oxygen atoms in total. The smallest absolute Gasteiger partial charge is 0.310 e. The maximum Gasteiger partial charge on any atom is 0.310 e. The molecule has 2 aromatic rings. The first kappa shape index (κ1) is 18.6. The molecule has 1 aliphatic heterocycles. The van der Waals surface area contributed by atoms with Gasteiger partial charge in [0.15, 0.2) is 0 Å². The number of carbonyl (C=O) groups is 3. The summed E-state index contributed by atoms with van der Waals surface area (Å²) in [6.07, 6.45) is 5.88. The number of hydrogen-bond donors (Lipinski definition) is 2. The zero-order chi connectivity index (χ0) is 19.4. The average molecular weight is 369 g/mol. The summed E-state index contributed by atoms with van der Waals surface area (Å²) >= 11 is 0. The van der Waals surface area contributed by atoms with Crippen molar-refractivity contribution in [2.24, 2.45) is 0 Å². The van der Waals surface area contributed by atoms with Gasteiger partial charge in [-0.3, -0.25) is 14.4 Å². The van der Waals surface area contributed by atoms with Crippen molar-refractivity contribution >= 4 is 23.4 Å². The monoisotopic (exact) mass is 369 g/mol. The van der Waals surface area contributed by atoms with Crippen molar-refractivity contribution in [3.05, 3.63) is 48.5 Å². The molecule has 27 heavy (non-hydrogen) atoms. The molecular formula is C19H23N5O3. The largest absolute Gasteiger partial charge is 0.348 e. The number of hydrogen-bond acceptors (Lipinski definition) is 4. The van der Waals surface area contributed by atoms with E-state index < -0.39 is 17.9 Å². The number of aryl methyl sites for hydroxylation is 1. The second kappa shape index (κ2) is 8.03. The lowest BCUT2D eigenvalue weighted by molar-refractivity contribution is -0.140. The number of para-hydroxylation sites is 1. The van der Waals surface area contributed by atoms with Crippen LogP contribution in [0.3, 0.4) is 0 Å². The highest BCUT2D eigenvalue weighted by Gasteiger charge is 2.39. The van der Waals surface area contributed by atoms with E-state index in [1.807, 2.05) is 42.8 Å². The number of carbonyl (C=O) groups excluding carboxylic acids is 3. The first-order valence-electron chi connectivity index (χ1n) is 8.95. The van der Waals surface area contributed by atoms with E-state index in [0.29, 0.717) is 25.1 Å². The number of aromatic nitrogens is 2. The number of benzene rings is 1. The minimum Gasteiger partial charge on any atom is -0.348 e. The van der Waals surface area contributed by atoms with Gasteiger partial charge in [0, 0.05) is 42.8 Å². The molecule has 1 atom stereocenters. The van der Waals surface area contributed by atoms with E-state index in [4.69, 9.17) is 0 Å². The maximum atomic E-state index is 12.7. The summed E-state index contributed by atoms with van der Waals surface area (Å²) in [7, 11) is 0. The molecule has 142 valence electrons. The second-order valence-electron chi connectivity index (χ2n) is 6.68. The van der Waals surface area contributed by atoms with Crippen molar-refractivity contribution in [1.82, 2.24) is 20.2 Å². The van der Waals surface area contributed by atoms with Crippen molar-refractivity contribution in [1.29, 1.82) is 0 Å². The van der Waals surface area contributed by atoms with Crippen LogP contribution in [0.2, 0.25) is 0 Å². The van der Waals surface area contributed by atoms with Gasteiger partial charge >= 0.3 is 11.8 Å². The summed E-state index contributed by atoms with van der Waals surface area (Å²) < 4.78 is 1.89. The zero-order valence-electron chi connectivity index (χ0n) is 15.4. The van der Waals surface area contributed by atoms with Crippen molar-refractivity contribution in [2.45, 2.75) is 38.9 Å². The van der Waals surface area contributed by atoms with Crippen LogP contribution in [0.1, 0.15) is 31.9 Å². The third-order valence-electron chi connectivity index (χ3n) is 4.43. The zero-order valence-corrected chi connectivity index (χ0v) is 15.4. The number of nitrogens with one attached hydrogen (secondary N) is 2. The molecule has 0 fully saturated rings. The molecular weight excluding hydrogens is 346 g/mol. The Balaban J connectivity index is 1.56. The predicted molar refractivity (Wildman–Crippen MR) is 99.8 cm³/mol. The molecule has 0 radical (unpaired) electrons. The van der Waals surface area contributed by atoms with E-state index in [-0.39, 0.29) is 11.9 Å². The van der Waals surface area contributed by atoms with Gasteiger partial charge in [0.25, 0.3) is 5.91 Å². The Labute approximate surface area is 157 Å². The summed E-state index contributed by atoms with van der Waals surface area (Å²) in [6, 6.07) is 6.41. The van der Waals surface area contributed by atoms with Crippen LogP contribution in [0.25, 0.3) is 0 Å². The standard InChI is InChI=1S/C19H23N5O3/c1-13(2)24-15-7-4-3-6-14(15)16(19(24)27)22-18(26)17(25)21-8-5-10-23-11-9-20-12-23/h3-4,6-7,9,11-13,16H,5,8,10H2,1-2H3,(H,21,25)(H,22,26)/t16-/m1/s1. The van der Waals surface area contributed by atoms with Gasteiger partial charge in [-0.2, -0.15) is 0 Å². The summed E-state index contributed by atoms with van der Waals surface area (Å²) in [5, 5.41) is 5.15. The average Bonchev–Trinajstić information content (AvgIpc) is 3.25. The Hall–Kier alpha value is -3.16. The van der Waals surface area contributed by atoms with E-state index in [1.165, 1.54) is 0 Å². The van der Waals surface area contributed by atoms with Gasteiger partial charge in [-0.05, 0) is 26.3 Å². The lowest BCUT2D eigenvalue weighted by Gasteiger charge is -2.22. The van der Waals surface area contributed by atoms with Crippen LogP contribution in [0.5, 0.6) is 0 Å². The van der Waals surface area contributed by atoms with E-state index in [1.54, 1.807) is 23.5 Å². The van der Waals surface area contributed by atoms with Gasteiger partial charge < -0.3 is 20.1 Å². The van der Waals surface area contributed by atoms with E-state index in [2.05, 4.69) is 15.6 Å². The fraction of sp³-hybridized carbons (Fsp3) is 0.368. The quantitative estimate of drug-likeness (QED) is 0.586. The number of rotatable bonds is 6.